The molecule has 0 fully saturated rings. The van der Waals surface area contributed by atoms with Gasteiger partial charge in [-0.15, -0.1) is 0 Å². The van der Waals surface area contributed by atoms with Gasteiger partial charge in [0.05, 0.1) is 12.4 Å². The van der Waals surface area contributed by atoms with Gasteiger partial charge < -0.3 is 5.11 Å². The fraction of sp³-hybridized carbons (Fsp3) is 1.00. The third kappa shape index (κ3) is 11.4. The van der Waals surface area contributed by atoms with E-state index < -0.39 is 10.0 Å². The summed E-state index contributed by atoms with van der Waals surface area (Å²) in [5.41, 5.74) is 0. The van der Waals surface area contributed by atoms with Gasteiger partial charge in [0.1, 0.15) is 0 Å². The molecule has 0 radical (unpaired) electrons. The molecule has 0 aromatic carbocycles. The van der Waals surface area contributed by atoms with Crippen molar-refractivity contribution < 1.29 is 13.5 Å². The lowest BCUT2D eigenvalue weighted by molar-refractivity contribution is 0.247. The van der Waals surface area contributed by atoms with Crippen LogP contribution in [0.1, 0.15) is 71.6 Å². The minimum Gasteiger partial charge on any atom is -0.395 e. The average molecular weight is 293 g/mol. The fourth-order valence-corrected chi connectivity index (χ4v) is 3.44. The van der Waals surface area contributed by atoms with Crippen molar-refractivity contribution in [3.8, 4) is 0 Å². The summed E-state index contributed by atoms with van der Waals surface area (Å²) in [6.07, 6.45) is 8.97. The van der Waals surface area contributed by atoms with Gasteiger partial charge >= 0.3 is 0 Å². The molecule has 0 rings (SSSR count). The van der Waals surface area contributed by atoms with E-state index in [-0.39, 0.29) is 18.4 Å². The van der Waals surface area contributed by atoms with E-state index in [1.165, 1.54) is 6.42 Å². The Balaban J connectivity index is 3.92. The molecule has 0 aliphatic heterocycles. The first-order valence-electron chi connectivity index (χ1n) is 7.66. The number of aliphatic hydroxyl groups excluding tert-OH is 1. The number of aliphatic hydroxyl groups is 1. The minimum absolute atomic E-state index is 0.111. The number of nitrogens with one attached hydrogen (secondary N) is 1. The second-order valence-corrected chi connectivity index (χ2v) is 7.10. The zero-order chi connectivity index (χ0) is 14.6. The predicted octanol–water partition coefficient (Wildman–Crippen LogP) is 2.82. The first kappa shape index (κ1) is 18.9. The van der Waals surface area contributed by atoms with Crippen molar-refractivity contribution in [3.63, 3.8) is 0 Å². The standard InChI is InChI=1S/C14H31NO3S/c1-3-5-7-9-11-14(13-16)15-19(17,18)12-10-8-6-4-2/h14-16H,3-13H2,1-2H3. The summed E-state index contributed by atoms with van der Waals surface area (Å²) < 4.78 is 26.3. The van der Waals surface area contributed by atoms with Crippen molar-refractivity contribution in [2.45, 2.75) is 77.7 Å². The molecule has 0 saturated heterocycles. The van der Waals surface area contributed by atoms with Crippen molar-refractivity contribution >= 4 is 10.0 Å². The van der Waals surface area contributed by atoms with Crippen LogP contribution < -0.4 is 4.72 Å². The Morgan fingerprint density at radius 3 is 2.05 bits per heavy atom. The van der Waals surface area contributed by atoms with E-state index in [9.17, 15) is 13.5 Å². The highest BCUT2D eigenvalue weighted by molar-refractivity contribution is 7.89. The van der Waals surface area contributed by atoms with Crippen LogP contribution >= 0.6 is 0 Å². The predicted molar refractivity (Wildman–Crippen MR) is 80.7 cm³/mol. The van der Waals surface area contributed by atoms with Crippen LogP contribution in [0.15, 0.2) is 0 Å². The third-order valence-electron chi connectivity index (χ3n) is 3.24. The maximum Gasteiger partial charge on any atom is 0.211 e. The van der Waals surface area contributed by atoms with Crippen LogP contribution in [0.25, 0.3) is 0 Å². The van der Waals surface area contributed by atoms with Gasteiger partial charge in [0.15, 0.2) is 0 Å². The summed E-state index contributed by atoms with van der Waals surface area (Å²) in [7, 11) is -3.23. The Kier molecular flexibility index (Phi) is 11.6. The van der Waals surface area contributed by atoms with Gasteiger partial charge in [0, 0.05) is 6.04 Å². The highest BCUT2D eigenvalue weighted by Crippen LogP contribution is 2.07. The molecule has 0 aliphatic carbocycles. The van der Waals surface area contributed by atoms with Gasteiger partial charge in [-0.25, -0.2) is 13.1 Å². The molecule has 2 N–H and O–H groups in total. The van der Waals surface area contributed by atoms with Crippen molar-refractivity contribution in [2.24, 2.45) is 0 Å². The van der Waals surface area contributed by atoms with Gasteiger partial charge in [0.2, 0.25) is 10.0 Å². The molecule has 0 amide bonds. The summed E-state index contributed by atoms with van der Waals surface area (Å²) in [6, 6.07) is -0.312. The molecule has 4 nitrogen and oxygen atoms in total. The van der Waals surface area contributed by atoms with Crippen LogP contribution in [0.4, 0.5) is 0 Å². The highest BCUT2D eigenvalue weighted by atomic mass is 32.2. The number of sulfonamides is 1. The van der Waals surface area contributed by atoms with E-state index in [0.717, 1.165) is 44.9 Å². The summed E-state index contributed by atoms with van der Waals surface area (Å²) in [4.78, 5) is 0. The first-order chi connectivity index (χ1) is 9.05. The lowest BCUT2D eigenvalue weighted by atomic mass is 10.1. The number of hydrogen-bond acceptors (Lipinski definition) is 3. The second-order valence-electron chi connectivity index (χ2n) is 5.23. The Labute approximate surface area is 119 Å². The Bertz CT molecular complexity index is 291. The largest absolute Gasteiger partial charge is 0.395 e. The fourth-order valence-electron chi connectivity index (χ4n) is 2.04. The van der Waals surface area contributed by atoms with Crippen LogP contribution in [-0.2, 0) is 10.0 Å². The Morgan fingerprint density at radius 1 is 0.947 bits per heavy atom. The van der Waals surface area contributed by atoms with E-state index in [1.54, 1.807) is 0 Å². The zero-order valence-corrected chi connectivity index (χ0v) is 13.3. The average Bonchev–Trinajstić information content (AvgIpc) is 2.38. The van der Waals surface area contributed by atoms with E-state index >= 15 is 0 Å². The molecule has 1 atom stereocenters. The normalized spacial score (nSPS) is 13.6. The maximum absolute atomic E-state index is 11.8. The molecule has 19 heavy (non-hydrogen) atoms. The topological polar surface area (TPSA) is 66.4 Å². The smallest absolute Gasteiger partial charge is 0.211 e. The molecular weight excluding hydrogens is 262 g/mol. The Hall–Kier alpha value is -0.130. The molecule has 5 heteroatoms. The zero-order valence-electron chi connectivity index (χ0n) is 12.5. The Morgan fingerprint density at radius 2 is 1.53 bits per heavy atom. The summed E-state index contributed by atoms with van der Waals surface area (Å²) in [5.74, 6) is 0.179. The van der Waals surface area contributed by atoms with Gasteiger partial charge in [-0.3, -0.25) is 0 Å². The molecule has 0 saturated carbocycles. The van der Waals surface area contributed by atoms with E-state index in [2.05, 4.69) is 18.6 Å². The molecule has 0 bridgehead atoms. The monoisotopic (exact) mass is 293 g/mol. The molecule has 0 spiro atoms. The molecule has 0 aliphatic rings. The van der Waals surface area contributed by atoms with Crippen LogP contribution in [0, 0.1) is 0 Å². The molecule has 0 aromatic heterocycles. The molecular formula is C14H31NO3S. The van der Waals surface area contributed by atoms with Gasteiger partial charge in [-0.05, 0) is 12.8 Å². The maximum atomic E-state index is 11.8. The highest BCUT2D eigenvalue weighted by Gasteiger charge is 2.16. The first-order valence-corrected chi connectivity index (χ1v) is 9.31. The van der Waals surface area contributed by atoms with Gasteiger partial charge in [-0.1, -0.05) is 58.8 Å². The summed E-state index contributed by atoms with van der Waals surface area (Å²) in [5, 5.41) is 9.23. The summed E-state index contributed by atoms with van der Waals surface area (Å²) >= 11 is 0. The lowest BCUT2D eigenvalue weighted by Crippen LogP contribution is -2.38. The number of hydrogen-bond donors (Lipinski definition) is 2. The van der Waals surface area contributed by atoms with Crippen LogP contribution in [-0.4, -0.2) is 31.9 Å². The van der Waals surface area contributed by atoms with E-state index in [1.807, 2.05) is 0 Å². The van der Waals surface area contributed by atoms with Crippen LogP contribution in [0.3, 0.4) is 0 Å². The third-order valence-corrected chi connectivity index (χ3v) is 4.76. The van der Waals surface area contributed by atoms with Gasteiger partial charge in [-0.2, -0.15) is 0 Å². The van der Waals surface area contributed by atoms with Crippen molar-refractivity contribution in [1.82, 2.24) is 4.72 Å². The van der Waals surface area contributed by atoms with Crippen molar-refractivity contribution in [1.29, 1.82) is 0 Å². The lowest BCUT2D eigenvalue weighted by Gasteiger charge is -2.16. The van der Waals surface area contributed by atoms with Gasteiger partial charge in [0.25, 0.3) is 0 Å². The van der Waals surface area contributed by atoms with Crippen LogP contribution in [0.5, 0.6) is 0 Å². The quantitative estimate of drug-likeness (QED) is 0.513. The molecule has 1 unspecified atom stereocenters. The number of unbranched alkanes of at least 4 members (excludes halogenated alkanes) is 6. The second kappa shape index (κ2) is 11.7. The SMILES string of the molecule is CCCCCCC(CO)NS(=O)(=O)CCCCCC. The van der Waals surface area contributed by atoms with Crippen molar-refractivity contribution in [2.75, 3.05) is 12.4 Å². The van der Waals surface area contributed by atoms with Crippen LogP contribution in [0.2, 0.25) is 0 Å². The minimum atomic E-state index is -3.23. The summed E-state index contributed by atoms with van der Waals surface area (Å²) in [6.45, 7) is 4.13. The van der Waals surface area contributed by atoms with E-state index in [4.69, 9.17) is 0 Å². The molecule has 0 aromatic rings. The molecule has 116 valence electrons. The molecule has 0 heterocycles. The van der Waals surface area contributed by atoms with Crippen molar-refractivity contribution in [3.05, 3.63) is 0 Å². The van der Waals surface area contributed by atoms with E-state index in [0.29, 0.717) is 6.42 Å². The number of rotatable bonds is 13.